The molecule has 214 valence electrons. The number of fused-ring (bicyclic) bond motifs is 6. The monoisotopic (exact) mass is 544 g/mol. The number of nitrogens with one attached hydrogen (secondary N) is 1. The number of morpholine rings is 1. The molecule has 4 aliphatic heterocycles. The van der Waals surface area contributed by atoms with E-state index in [1.807, 2.05) is 4.90 Å². The molecule has 3 N–H and O–H groups in total. The number of ether oxygens (including phenoxy) is 2. The van der Waals surface area contributed by atoms with E-state index in [2.05, 4.69) is 5.32 Å². The Kier molecular flexibility index (Phi) is 7.94. The van der Waals surface area contributed by atoms with Crippen LogP contribution in [0.5, 0.6) is 0 Å². The fourth-order valence-corrected chi connectivity index (χ4v) is 6.62. The summed E-state index contributed by atoms with van der Waals surface area (Å²) in [4.78, 5) is 44.3. The van der Waals surface area contributed by atoms with Crippen LogP contribution in [0.25, 0.3) is 0 Å². The molecule has 0 unspecified atom stereocenters. The zero-order valence-electron chi connectivity index (χ0n) is 21.6. The van der Waals surface area contributed by atoms with Gasteiger partial charge in [-0.1, -0.05) is 0 Å². The Morgan fingerprint density at radius 2 is 1.76 bits per heavy atom. The molecule has 0 spiro atoms. The van der Waals surface area contributed by atoms with E-state index in [0.717, 1.165) is 0 Å². The number of aliphatic hydroxyl groups excluding tert-OH is 2. The maximum Gasteiger partial charge on any atom is 0.248 e. The minimum Gasteiger partial charge on any atom is -0.388 e. The van der Waals surface area contributed by atoms with Crippen molar-refractivity contribution in [3.63, 3.8) is 0 Å². The van der Waals surface area contributed by atoms with E-state index >= 15 is 0 Å². The minimum atomic E-state index is -2.69. The van der Waals surface area contributed by atoms with E-state index in [1.165, 1.54) is 11.8 Å². The van der Waals surface area contributed by atoms with Gasteiger partial charge < -0.3 is 34.8 Å². The Morgan fingerprint density at radius 1 is 1.05 bits per heavy atom. The van der Waals surface area contributed by atoms with Crippen LogP contribution in [0.4, 0.5) is 8.78 Å². The van der Waals surface area contributed by atoms with Crippen molar-refractivity contribution in [2.75, 3.05) is 39.3 Å². The van der Waals surface area contributed by atoms with Gasteiger partial charge in [0, 0.05) is 64.6 Å². The molecule has 3 amide bonds. The fraction of sp³-hybridized carbons (Fsp3) is 0.880. The van der Waals surface area contributed by atoms with Crippen molar-refractivity contribution in [3.05, 3.63) is 0 Å². The molecule has 11 nitrogen and oxygen atoms in total. The van der Waals surface area contributed by atoms with Gasteiger partial charge in [0.25, 0.3) is 0 Å². The van der Waals surface area contributed by atoms with Gasteiger partial charge in [-0.05, 0) is 19.3 Å². The van der Waals surface area contributed by atoms with Crippen molar-refractivity contribution in [1.82, 2.24) is 20.0 Å². The topological polar surface area (TPSA) is 132 Å². The standard InChI is InChI=1S/C25H38F2N4O7/c1-14(32)30-12-17-11-29(6-7-37-17)24(36)18-8-15(10-31(18)16-2-4-25(26,27)5-3-16)28-21(33)9-19-22(34)23(35)20(13-30)38-19/h15-20,22-23,34-35H,2-13H2,1H3,(H,28,33)/t15-,17-,18-,19-,20+,22-,23+/m0/s1. The molecule has 7 atom stereocenters. The van der Waals surface area contributed by atoms with Crippen LogP contribution in [0.3, 0.4) is 0 Å². The Hall–Kier alpha value is -1.93. The van der Waals surface area contributed by atoms with Crippen molar-refractivity contribution in [2.45, 2.75) is 100 Å². The largest absolute Gasteiger partial charge is 0.388 e. The summed E-state index contributed by atoms with van der Waals surface area (Å²) in [5, 5.41) is 24.1. The summed E-state index contributed by atoms with van der Waals surface area (Å²) in [6.45, 7) is 2.84. The third-order valence-corrected chi connectivity index (χ3v) is 8.71. The highest BCUT2D eigenvalue weighted by molar-refractivity contribution is 5.83. The number of hydrogen-bond donors (Lipinski definition) is 3. The fourth-order valence-electron chi connectivity index (χ4n) is 6.62. The Balaban J connectivity index is 1.39. The van der Waals surface area contributed by atoms with Crippen molar-refractivity contribution >= 4 is 17.7 Å². The first-order valence-electron chi connectivity index (χ1n) is 13.6. The number of halogens is 2. The quantitative estimate of drug-likeness (QED) is 0.387. The van der Waals surface area contributed by atoms with Crippen molar-refractivity contribution < 1.29 is 42.9 Å². The van der Waals surface area contributed by atoms with Gasteiger partial charge in [0.15, 0.2) is 0 Å². The summed E-state index contributed by atoms with van der Waals surface area (Å²) in [6.07, 6.45) is -4.61. The van der Waals surface area contributed by atoms with Crippen LogP contribution in [-0.4, -0.2) is 137 Å². The van der Waals surface area contributed by atoms with Crippen LogP contribution in [0, 0.1) is 0 Å². The van der Waals surface area contributed by atoms with Gasteiger partial charge in [0.2, 0.25) is 23.6 Å². The molecule has 4 heterocycles. The number of carbonyl (C=O) groups is 3. The van der Waals surface area contributed by atoms with Crippen LogP contribution in [-0.2, 0) is 23.9 Å². The molecular formula is C25H38F2N4O7. The normalized spacial score (nSPS) is 39.3. The van der Waals surface area contributed by atoms with Gasteiger partial charge in [-0.25, -0.2) is 8.78 Å². The van der Waals surface area contributed by atoms with Crippen LogP contribution < -0.4 is 5.32 Å². The molecule has 0 aromatic rings. The van der Waals surface area contributed by atoms with E-state index in [9.17, 15) is 33.4 Å². The van der Waals surface area contributed by atoms with Crippen LogP contribution in [0.15, 0.2) is 0 Å². The lowest BCUT2D eigenvalue weighted by Gasteiger charge is -2.41. The number of hydrogen-bond acceptors (Lipinski definition) is 8. The lowest BCUT2D eigenvalue weighted by atomic mass is 9.90. The number of rotatable bonds is 1. The molecule has 38 heavy (non-hydrogen) atoms. The maximum absolute atomic E-state index is 13.9. The molecule has 6 bridgehead atoms. The van der Waals surface area contributed by atoms with Crippen LogP contribution in [0.2, 0.25) is 0 Å². The first kappa shape index (κ1) is 27.6. The second kappa shape index (κ2) is 10.9. The molecule has 0 radical (unpaired) electrons. The van der Waals surface area contributed by atoms with E-state index in [0.29, 0.717) is 19.5 Å². The Labute approximate surface area is 220 Å². The highest BCUT2D eigenvalue weighted by atomic mass is 19.3. The molecule has 1 saturated carbocycles. The first-order chi connectivity index (χ1) is 18.0. The van der Waals surface area contributed by atoms with Gasteiger partial charge in [-0.15, -0.1) is 0 Å². The third-order valence-electron chi connectivity index (χ3n) is 8.71. The van der Waals surface area contributed by atoms with E-state index in [1.54, 1.807) is 4.90 Å². The summed E-state index contributed by atoms with van der Waals surface area (Å²) < 4.78 is 39.5. The average molecular weight is 545 g/mol. The van der Waals surface area contributed by atoms with Crippen molar-refractivity contribution in [3.8, 4) is 0 Å². The second-order valence-electron chi connectivity index (χ2n) is 11.4. The number of amides is 3. The lowest BCUT2D eigenvalue weighted by molar-refractivity contribution is -0.148. The molecule has 5 aliphatic rings. The van der Waals surface area contributed by atoms with E-state index < -0.39 is 48.4 Å². The van der Waals surface area contributed by atoms with Crippen molar-refractivity contribution in [1.29, 1.82) is 0 Å². The summed E-state index contributed by atoms with van der Waals surface area (Å²) >= 11 is 0. The van der Waals surface area contributed by atoms with Gasteiger partial charge in [0.1, 0.15) is 18.3 Å². The van der Waals surface area contributed by atoms with Gasteiger partial charge in [0.05, 0.1) is 31.3 Å². The Bertz CT molecular complexity index is 916. The molecule has 4 saturated heterocycles. The van der Waals surface area contributed by atoms with Gasteiger partial charge >= 0.3 is 0 Å². The highest BCUT2D eigenvalue weighted by Crippen LogP contribution is 2.38. The second-order valence-corrected chi connectivity index (χ2v) is 11.4. The number of alkyl halides is 2. The SMILES string of the molecule is CC(=O)N1C[C@@H]2CN(CCO2)C(=O)[C@@H]2C[C@@H](CN2C2CCC(F)(F)CC2)NC(=O)C[C@@H]2O[C@H](C1)[C@@H](O)[C@H]2O. The maximum atomic E-state index is 13.9. The molecule has 1 aliphatic carbocycles. The first-order valence-corrected chi connectivity index (χ1v) is 13.6. The van der Waals surface area contributed by atoms with Gasteiger partial charge in [-0.3, -0.25) is 19.3 Å². The molecule has 0 aromatic heterocycles. The number of aliphatic hydroxyl groups is 2. The highest BCUT2D eigenvalue weighted by Gasteiger charge is 2.48. The Morgan fingerprint density at radius 3 is 2.47 bits per heavy atom. The lowest BCUT2D eigenvalue weighted by Crippen LogP contribution is -2.56. The summed E-state index contributed by atoms with van der Waals surface area (Å²) in [5.74, 6) is -3.48. The molecule has 5 fully saturated rings. The van der Waals surface area contributed by atoms with Crippen LogP contribution >= 0.6 is 0 Å². The predicted octanol–water partition coefficient (Wildman–Crippen LogP) is -0.908. The van der Waals surface area contributed by atoms with Crippen molar-refractivity contribution in [2.24, 2.45) is 0 Å². The third kappa shape index (κ3) is 5.81. The molecule has 0 aromatic carbocycles. The van der Waals surface area contributed by atoms with E-state index in [4.69, 9.17) is 9.47 Å². The summed E-state index contributed by atoms with van der Waals surface area (Å²) in [6, 6.07) is -1.11. The van der Waals surface area contributed by atoms with E-state index in [-0.39, 0.29) is 82.2 Å². The summed E-state index contributed by atoms with van der Waals surface area (Å²) in [7, 11) is 0. The number of likely N-dealkylation sites (tertiary alicyclic amines) is 1. The average Bonchev–Trinajstić information content (AvgIpc) is 3.39. The van der Waals surface area contributed by atoms with Crippen LogP contribution in [0.1, 0.15) is 45.4 Å². The minimum absolute atomic E-state index is 0.00479. The number of carbonyl (C=O) groups excluding carboxylic acids is 3. The zero-order valence-corrected chi connectivity index (χ0v) is 21.6. The molecular weight excluding hydrogens is 506 g/mol. The van der Waals surface area contributed by atoms with Gasteiger partial charge in [-0.2, -0.15) is 0 Å². The smallest absolute Gasteiger partial charge is 0.248 e. The molecule has 5 rings (SSSR count). The molecule has 13 heteroatoms. The predicted molar refractivity (Wildman–Crippen MR) is 128 cm³/mol. The summed E-state index contributed by atoms with van der Waals surface area (Å²) in [5.41, 5.74) is 0. The number of nitrogens with zero attached hydrogens (tertiary/aromatic N) is 3. The zero-order chi connectivity index (χ0) is 27.2.